The molecule has 0 saturated heterocycles. The smallest absolute Gasteiger partial charge is 0.337 e. The van der Waals surface area contributed by atoms with E-state index >= 15 is 0 Å². The largest absolute Gasteiger partial charge is 0.497 e. The molecule has 0 unspecified atom stereocenters. The van der Waals surface area contributed by atoms with Gasteiger partial charge in [-0.2, -0.15) is 0 Å². The molecule has 0 aliphatic rings. The summed E-state index contributed by atoms with van der Waals surface area (Å²) in [5.74, 6) is 0.880. The first-order chi connectivity index (χ1) is 10.2. The molecule has 0 bridgehead atoms. The molecular weight excluding hydrogens is 282 g/mol. The van der Waals surface area contributed by atoms with Gasteiger partial charge in [-0.25, -0.2) is 0 Å². The van der Waals surface area contributed by atoms with E-state index < -0.39 is 8.56 Å². The van der Waals surface area contributed by atoms with Gasteiger partial charge in [0.2, 0.25) is 0 Å². The predicted molar refractivity (Wildman–Crippen MR) is 90.4 cm³/mol. The summed E-state index contributed by atoms with van der Waals surface area (Å²) >= 11 is 0. The summed E-state index contributed by atoms with van der Waals surface area (Å²) in [6.07, 6.45) is 1.06. The van der Waals surface area contributed by atoms with Gasteiger partial charge in [-0.3, -0.25) is 0 Å². The Kier molecular flexibility index (Phi) is 8.42. The Morgan fingerprint density at radius 2 is 1.62 bits per heavy atom. The van der Waals surface area contributed by atoms with Gasteiger partial charge < -0.3 is 18.9 Å². The number of methoxy groups -OCH3 is 1. The number of rotatable bonds is 11. The van der Waals surface area contributed by atoms with Crippen molar-refractivity contribution in [3.63, 3.8) is 0 Å². The van der Waals surface area contributed by atoms with E-state index in [0.717, 1.165) is 49.7 Å². The second kappa shape index (κ2) is 9.81. The van der Waals surface area contributed by atoms with Gasteiger partial charge in [0.25, 0.3) is 0 Å². The van der Waals surface area contributed by atoms with Crippen LogP contribution in [0.25, 0.3) is 0 Å². The standard InChI is InChI=1S/C16H29NO3Si/c1-5-19-21(7-3,20-6-2)14-8-13-17-15-9-11-16(18-4)12-10-15/h9-12,17H,5-8,13-14H2,1-4H3. The van der Waals surface area contributed by atoms with Gasteiger partial charge in [-0.1, -0.05) is 6.92 Å². The van der Waals surface area contributed by atoms with E-state index in [2.05, 4.69) is 12.2 Å². The lowest BCUT2D eigenvalue weighted by Crippen LogP contribution is -2.41. The summed E-state index contributed by atoms with van der Waals surface area (Å²) in [6.45, 7) is 8.69. The van der Waals surface area contributed by atoms with E-state index in [-0.39, 0.29) is 0 Å². The molecule has 1 aromatic carbocycles. The summed E-state index contributed by atoms with van der Waals surface area (Å²) in [5.41, 5.74) is 1.12. The molecule has 0 aliphatic heterocycles. The zero-order chi connectivity index (χ0) is 15.6. The molecule has 0 atom stereocenters. The van der Waals surface area contributed by atoms with Gasteiger partial charge in [0, 0.05) is 25.4 Å². The van der Waals surface area contributed by atoms with Crippen LogP contribution in [-0.4, -0.2) is 35.4 Å². The maximum Gasteiger partial charge on any atom is 0.337 e. The molecule has 0 aliphatic carbocycles. The number of nitrogens with one attached hydrogen (secondary N) is 1. The Morgan fingerprint density at radius 1 is 1.00 bits per heavy atom. The van der Waals surface area contributed by atoms with Crippen LogP contribution in [0, 0.1) is 0 Å². The fourth-order valence-electron chi connectivity index (χ4n) is 2.39. The Hall–Kier alpha value is -1.04. The molecule has 1 N–H and O–H groups in total. The van der Waals surface area contributed by atoms with Crippen LogP contribution < -0.4 is 10.1 Å². The Labute approximate surface area is 130 Å². The van der Waals surface area contributed by atoms with Gasteiger partial charge in [0.05, 0.1) is 7.11 Å². The minimum absolute atomic E-state index is 0.742. The number of ether oxygens (including phenoxy) is 1. The highest BCUT2D eigenvalue weighted by atomic mass is 28.4. The zero-order valence-electron chi connectivity index (χ0n) is 13.8. The lowest BCUT2D eigenvalue weighted by Gasteiger charge is -2.29. The van der Waals surface area contributed by atoms with E-state index in [4.69, 9.17) is 13.6 Å². The van der Waals surface area contributed by atoms with Crippen LogP contribution in [0.15, 0.2) is 24.3 Å². The fraction of sp³-hybridized carbons (Fsp3) is 0.625. The number of hydrogen-bond acceptors (Lipinski definition) is 4. The Morgan fingerprint density at radius 3 is 2.10 bits per heavy atom. The number of hydrogen-bond donors (Lipinski definition) is 1. The topological polar surface area (TPSA) is 39.7 Å². The van der Waals surface area contributed by atoms with Gasteiger partial charge in [0.15, 0.2) is 0 Å². The van der Waals surface area contributed by atoms with Gasteiger partial charge in [0.1, 0.15) is 5.75 Å². The highest BCUT2D eigenvalue weighted by molar-refractivity contribution is 6.67. The summed E-state index contributed by atoms with van der Waals surface area (Å²) in [7, 11) is -0.303. The van der Waals surface area contributed by atoms with Crippen molar-refractivity contribution in [1.82, 2.24) is 0 Å². The SMILES string of the molecule is CCO[Si](CC)(CCCNc1ccc(OC)cc1)OCC. The Balaban J connectivity index is 2.39. The average molecular weight is 311 g/mol. The maximum atomic E-state index is 5.97. The molecule has 5 heteroatoms. The molecule has 0 heterocycles. The molecule has 0 amide bonds. The molecular formula is C16H29NO3Si. The molecule has 0 spiro atoms. The lowest BCUT2D eigenvalue weighted by molar-refractivity contribution is 0.183. The van der Waals surface area contributed by atoms with E-state index in [9.17, 15) is 0 Å². The first-order valence-electron chi connectivity index (χ1n) is 7.85. The molecule has 0 aromatic heterocycles. The van der Waals surface area contributed by atoms with Crippen LogP contribution in [0.1, 0.15) is 27.2 Å². The highest BCUT2D eigenvalue weighted by Gasteiger charge is 2.34. The summed E-state index contributed by atoms with van der Waals surface area (Å²) < 4.78 is 17.1. The maximum absolute atomic E-state index is 5.97. The second-order valence-electron chi connectivity index (χ2n) is 4.89. The van der Waals surface area contributed by atoms with Crippen molar-refractivity contribution >= 4 is 14.2 Å². The molecule has 0 radical (unpaired) electrons. The fourth-order valence-corrected chi connectivity index (χ4v) is 5.29. The third-order valence-corrected chi connectivity index (χ3v) is 7.33. The number of benzene rings is 1. The van der Waals surface area contributed by atoms with E-state index in [1.54, 1.807) is 7.11 Å². The van der Waals surface area contributed by atoms with Crippen molar-refractivity contribution in [2.75, 3.05) is 32.2 Å². The van der Waals surface area contributed by atoms with Crippen LogP contribution >= 0.6 is 0 Å². The first-order valence-corrected chi connectivity index (χ1v) is 10.1. The van der Waals surface area contributed by atoms with Crippen LogP contribution in [0.4, 0.5) is 5.69 Å². The lowest BCUT2D eigenvalue weighted by atomic mass is 10.3. The molecule has 4 nitrogen and oxygen atoms in total. The van der Waals surface area contributed by atoms with Crippen molar-refractivity contribution in [3.8, 4) is 5.75 Å². The monoisotopic (exact) mass is 311 g/mol. The minimum Gasteiger partial charge on any atom is -0.497 e. The van der Waals surface area contributed by atoms with Gasteiger partial charge in [-0.05, 0) is 56.6 Å². The van der Waals surface area contributed by atoms with Crippen molar-refractivity contribution in [2.24, 2.45) is 0 Å². The van der Waals surface area contributed by atoms with Crippen LogP contribution in [0.2, 0.25) is 12.1 Å². The summed E-state index contributed by atoms with van der Waals surface area (Å²) in [6, 6.07) is 10.1. The predicted octanol–water partition coefficient (Wildman–Crippen LogP) is 4.03. The normalized spacial score (nSPS) is 11.4. The minimum atomic E-state index is -1.98. The van der Waals surface area contributed by atoms with Crippen LogP contribution in [-0.2, 0) is 8.85 Å². The third-order valence-electron chi connectivity index (χ3n) is 3.51. The van der Waals surface area contributed by atoms with E-state index in [1.807, 2.05) is 38.1 Å². The van der Waals surface area contributed by atoms with Crippen LogP contribution in [0.3, 0.4) is 0 Å². The summed E-state index contributed by atoms with van der Waals surface area (Å²) in [4.78, 5) is 0. The van der Waals surface area contributed by atoms with E-state index in [1.165, 1.54) is 0 Å². The molecule has 120 valence electrons. The molecule has 0 saturated carbocycles. The molecule has 21 heavy (non-hydrogen) atoms. The quantitative estimate of drug-likeness (QED) is 0.495. The molecule has 1 rings (SSSR count). The molecule has 1 aromatic rings. The van der Waals surface area contributed by atoms with Gasteiger partial charge in [-0.15, -0.1) is 0 Å². The third kappa shape index (κ3) is 6.07. The van der Waals surface area contributed by atoms with Crippen molar-refractivity contribution in [2.45, 2.75) is 39.3 Å². The average Bonchev–Trinajstić information content (AvgIpc) is 2.52. The summed E-state index contributed by atoms with van der Waals surface area (Å²) in [5, 5.41) is 3.43. The first kappa shape index (κ1) is 18.0. The molecule has 0 fully saturated rings. The number of anilines is 1. The van der Waals surface area contributed by atoms with Crippen molar-refractivity contribution in [1.29, 1.82) is 0 Å². The second-order valence-corrected chi connectivity index (χ2v) is 8.49. The highest BCUT2D eigenvalue weighted by Crippen LogP contribution is 2.21. The van der Waals surface area contributed by atoms with Crippen molar-refractivity contribution < 1.29 is 13.6 Å². The van der Waals surface area contributed by atoms with E-state index in [0.29, 0.717) is 0 Å². The van der Waals surface area contributed by atoms with Crippen LogP contribution in [0.5, 0.6) is 5.75 Å². The Bertz CT molecular complexity index is 378. The van der Waals surface area contributed by atoms with Gasteiger partial charge >= 0.3 is 8.56 Å². The van der Waals surface area contributed by atoms with Crippen molar-refractivity contribution in [3.05, 3.63) is 24.3 Å². The zero-order valence-corrected chi connectivity index (χ0v) is 14.8.